The van der Waals surface area contributed by atoms with Crippen LogP contribution in [-0.2, 0) is 21.0 Å². The summed E-state index contributed by atoms with van der Waals surface area (Å²) in [5.74, 6) is -0.997. The fourth-order valence-electron chi connectivity index (χ4n) is 4.17. The molecule has 0 unspecified atom stereocenters. The molecule has 38 heavy (non-hydrogen) atoms. The maximum atomic E-state index is 14.2. The van der Waals surface area contributed by atoms with E-state index in [0.29, 0.717) is 29.1 Å². The van der Waals surface area contributed by atoms with Crippen molar-refractivity contribution in [1.82, 2.24) is 4.90 Å². The van der Waals surface area contributed by atoms with Gasteiger partial charge in [-0.2, -0.15) is 13.2 Å². The third-order valence-electron chi connectivity index (χ3n) is 6.26. The Balaban J connectivity index is 1.62. The van der Waals surface area contributed by atoms with Gasteiger partial charge in [-0.25, -0.2) is 12.8 Å². The van der Waals surface area contributed by atoms with Gasteiger partial charge in [0.05, 0.1) is 26.9 Å². The number of anilines is 2. The lowest BCUT2D eigenvalue weighted by Gasteiger charge is -2.37. The largest absolute Gasteiger partial charge is 0.417 e. The van der Waals surface area contributed by atoms with Gasteiger partial charge < -0.3 is 9.80 Å². The minimum Gasteiger partial charge on any atom is -0.366 e. The maximum absolute atomic E-state index is 14.2. The number of nitrogens with zero attached hydrogens (tertiary/aromatic N) is 3. The molecule has 4 rings (SSSR count). The van der Waals surface area contributed by atoms with Crippen molar-refractivity contribution in [3.63, 3.8) is 0 Å². The smallest absolute Gasteiger partial charge is 0.366 e. The van der Waals surface area contributed by atoms with Gasteiger partial charge in [0, 0.05) is 26.2 Å². The van der Waals surface area contributed by atoms with Crippen molar-refractivity contribution in [3.05, 3.63) is 88.7 Å². The number of aryl methyl sites for hydroxylation is 1. The van der Waals surface area contributed by atoms with E-state index >= 15 is 0 Å². The van der Waals surface area contributed by atoms with Crippen LogP contribution in [0.2, 0.25) is 5.02 Å². The van der Waals surface area contributed by atoms with Crippen molar-refractivity contribution in [2.75, 3.05) is 41.9 Å². The van der Waals surface area contributed by atoms with Crippen molar-refractivity contribution < 1.29 is 30.8 Å². The van der Waals surface area contributed by atoms with E-state index in [0.717, 1.165) is 17.7 Å². The van der Waals surface area contributed by atoms with Gasteiger partial charge in [-0.05, 0) is 49.4 Å². The molecule has 1 fully saturated rings. The van der Waals surface area contributed by atoms with E-state index in [-0.39, 0.29) is 23.7 Å². The second kappa shape index (κ2) is 10.8. The Hall–Kier alpha value is -3.31. The number of hydrogen-bond acceptors (Lipinski definition) is 4. The van der Waals surface area contributed by atoms with E-state index in [1.807, 2.05) is 0 Å². The lowest BCUT2D eigenvalue weighted by molar-refractivity contribution is -0.137. The highest BCUT2D eigenvalue weighted by molar-refractivity contribution is 7.92. The molecule has 3 aromatic rings. The molecule has 6 nitrogen and oxygen atoms in total. The van der Waals surface area contributed by atoms with E-state index in [2.05, 4.69) is 0 Å². The summed E-state index contributed by atoms with van der Waals surface area (Å²) in [6, 6.07) is 14.7. The summed E-state index contributed by atoms with van der Waals surface area (Å²) >= 11 is 5.74. The zero-order valence-corrected chi connectivity index (χ0v) is 21.8. The predicted octanol–water partition coefficient (Wildman–Crippen LogP) is 5.35. The van der Waals surface area contributed by atoms with Gasteiger partial charge in [-0.15, -0.1) is 0 Å². The first-order valence-corrected chi connectivity index (χ1v) is 13.4. The molecule has 0 spiro atoms. The quantitative estimate of drug-likeness (QED) is 0.376. The van der Waals surface area contributed by atoms with Crippen molar-refractivity contribution in [2.45, 2.75) is 18.0 Å². The number of piperazine rings is 1. The molecule has 1 aliphatic heterocycles. The molecular formula is C26H24ClF4N3O3S. The third kappa shape index (κ3) is 5.88. The Morgan fingerprint density at radius 1 is 0.974 bits per heavy atom. The van der Waals surface area contributed by atoms with E-state index in [9.17, 15) is 30.8 Å². The van der Waals surface area contributed by atoms with Crippen LogP contribution in [0.1, 0.15) is 11.1 Å². The summed E-state index contributed by atoms with van der Waals surface area (Å²) in [7, 11) is -4.42. The Kier molecular flexibility index (Phi) is 7.89. The first-order chi connectivity index (χ1) is 17.9. The first-order valence-electron chi connectivity index (χ1n) is 11.6. The second-order valence-corrected chi connectivity index (χ2v) is 11.1. The predicted molar refractivity (Wildman–Crippen MR) is 137 cm³/mol. The standard InChI is InChI=1S/C26H24ClF4N3O3S/c1-18-6-9-20(10-7-18)38(36,37)34(19-8-11-22(27)21(16-19)26(29,30)31)17-25(35)33-14-12-32(13-15-33)24-5-3-2-4-23(24)28/h2-11,16H,12-15,17H2,1H3. The number of amides is 1. The Morgan fingerprint density at radius 2 is 1.61 bits per heavy atom. The molecule has 1 aliphatic rings. The second-order valence-electron chi connectivity index (χ2n) is 8.81. The first kappa shape index (κ1) is 27.7. The van der Waals surface area contributed by atoms with Gasteiger partial charge in [-0.1, -0.05) is 41.4 Å². The van der Waals surface area contributed by atoms with Crippen molar-refractivity contribution in [3.8, 4) is 0 Å². The Morgan fingerprint density at radius 3 is 2.21 bits per heavy atom. The minimum atomic E-state index is -4.83. The summed E-state index contributed by atoms with van der Waals surface area (Å²) in [5.41, 5.74) is -0.387. The SMILES string of the molecule is Cc1ccc(S(=O)(=O)N(CC(=O)N2CCN(c3ccccc3F)CC2)c2ccc(Cl)c(C(F)(F)F)c2)cc1. The number of carbonyl (C=O) groups is 1. The normalized spacial score (nSPS) is 14.5. The van der Waals surface area contributed by atoms with E-state index in [1.54, 1.807) is 42.2 Å². The van der Waals surface area contributed by atoms with Crippen LogP contribution >= 0.6 is 11.6 Å². The highest BCUT2D eigenvalue weighted by atomic mass is 35.5. The number of hydrogen-bond donors (Lipinski definition) is 0. The summed E-state index contributed by atoms with van der Waals surface area (Å²) in [6.45, 7) is 2.00. The van der Waals surface area contributed by atoms with Crippen LogP contribution in [0, 0.1) is 12.7 Å². The van der Waals surface area contributed by atoms with Gasteiger partial charge in [0.2, 0.25) is 5.91 Å². The van der Waals surface area contributed by atoms with Crippen LogP contribution in [-0.4, -0.2) is 51.9 Å². The molecule has 0 saturated carbocycles. The molecule has 202 valence electrons. The third-order valence-corrected chi connectivity index (χ3v) is 8.37. The van der Waals surface area contributed by atoms with Gasteiger partial charge in [-0.3, -0.25) is 9.10 Å². The summed E-state index contributed by atoms with van der Waals surface area (Å²) in [5, 5.41) is -0.593. The molecule has 0 N–H and O–H groups in total. The number of rotatable bonds is 6. The van der Waals surface area contributed by atoms with E-state index < -0.39 is 45.1 Å². The molecule has 0 atom stereocenters. The van der Waals surface area contributed by atoms with E-state index in [1.165, 1.54) is 23.1 Å². The number of benzene rings is 3. The number of sulfonamides is 1. The van der Waals surface area contributed by atoms with Gasteiger partial charge >= 0.3 is 6.18 Å². The number of alkyl halides is 3. The van der Waals surface area contributed by atoms with E-state index in [4.69, 9.17) is 11.6 Å². The monoisotopic (exact) mass is 569 g/mol. The van der Waals surface area contributed by atoms with Crippen LogP contribution in [0.4, 0.5) is 28.9 Å². The van der Waals surface area contributed by atoms with Crippen LogP contribution in [0.5, 0.6) is 0 Å². The zero-order valence-electron chi connectivity index (χ0n) is 20.3. The van der Waals surface area contributed by atoms with Crippen LogP contribution < -0.4 is 9.21 Å². The van der Waals surface area contributed by atoms with Crippen molar-refractivity contribution >= 4 is 38.9 Å². The molecule has 1 heterocycles. The number of carbonyl (C=O) groups excluding carboxylic acids is 1. The maximum Gasteiger partial charge on any atom is 0.417 e. The molecule has 0 bridgehead atoms. The summed E-state index contributed by atoms with van der Waals surface area (Å²) in [4.78, 5) is 16.3. The Labute approximate surface area is 223 Å². The van der Waals surface area contributed by atoms with Crippen molar-refractivity contribution in [2.24, 2.45) is 0 Å². The molecule has 1 saturated heterocycles. The average molecular weight is 570 g/mol. The summed E-state index contributed by atoms with van der Waals surface area (Å²) in [6.07, 6.45) is -4.83. The number of para-hydroxylation sites is 1. The number of halogens is 5. The van der Waals surface area contributed by atoms with Gasteiger partial charge in [0.15, 0.2) is 0 Å². The highest BCUT2D eigenvalue weighted by Crippen LogP contribution is 2.38. The lowest BCUT2D eigenvalue weighted by atomic mass is 10.2. The molecule has 3 aromatic carbocycles. The van der Waals surface area contributed by atoms with Crippen LogP contribution in [0.25, 0.3) is 0 Å². The van der Waals surface area contributed by atoms with Gasteiger partial charge in [0.1, 0.15) is 12.4 Å². The minimum absolute atomic E-state index is 0.177. The zero-order chi connectivity index (χ0) is 27.7. The Bertz CT molecular complexity index is 1420. The fraction of sp³-hybridized carbons (Fsp3) is 0.269. The fourth-order valence-corrected chi connectivity index (χ4v) is 5.80. The van der Waals surface area contributed by atoms with Gasteiger partial charge in [0.25, 0.3) is 10.0 Å². The van der Waals surface area contributed by atoms with Crippen LogP contribution in [0.15, 0.2) is 71.6 Å². The molecule has 0 radical (unpaired) electrons. The topological polar surface area (TPSA) is 60.9 Å². The lowest BCUT2D eigenvalue weighted by Crippen LogP contribution is -2.52. The summed E-state index contributed by atoms with van der Waals surface area (Å²) < 4.78 is 82.6. The average Bonchev–Trinajstić information content (AvgIpc) is 2.87. The van der Waals surface area contributed by atoms with Crippen molar-refractivity contribution in [1.29, 1.82) is 0 Å². The molecule has 12 heteroatoms. The molecule has 0 aromatic heterocycles. The highest BCUT2D eigenvalue weighted by Gasteiger charge is 2.36. The molecule has 1 amide bonds. The molecule has 0 aliphatic carbocycles. The van der Waals surface area contributed by atoms with Crippen LogP contribution in [0.3, 0.4) is 0 Å². The molecular weight excluding hydrogens is 546 g/mol.